The van der Waals surface area contributed by atoms with E-state index in [1.54, 1.807) is 28.4 Å². The summed E-state index contributed by atoms with van der Waals surface area (Å²) in [5.41, 5.74) is 2.75. The van der Waals surface area contributed by atoms with Crippen LogP contribution < -0.4 is 23.7 Å². The highest BCUT2D eigenvalue weighted by atomic mass is 16.5. The van der Waals surface area contributed by atoms with Crippen molar-refractivity contribution in [2.24, 2.45) is 0 Å². The first kappa shape index (κ1) is 24.5. The standard InChI is InChI=1S/C27H38N2O5/c1-30-24-9-8-23(17-27(24)33-4)34-14-6-12-28-11-5-7-22(19-28)29-13-10-20-15-25(31-2)26(32-3)16-21(20)18-29/h8-9,15-17,22H,5-7,10-14,18-19H2,1-4H3/t22-/m0/s1. The summed E-state index contributed by atoms with van der Waals surface area (Å²) in [4.78, 5) is 5.25. The van der Waals surface area contributed by atoms with Gasteiger partial charge in [0.1, 0.15) is 5.75 Å². The highest BCUT2D eigenvalue weighted by Crippen LogP contribution is 2.34. The van der Waals surface area contributed by atoms with Gasteiger partial charge in [0.2, 0.25) is 0 Å². The number of hydrogen-bond donors (Lipinski definition) is 0. The third kappa shape index (κ3) is 5.70. The molecule has 7 heteroatoms. The first-order valence-corrected chi connectivity index (χ1v) is 12.2. The van der Waals surface area contributed by atoms with Gasteiger partial charge in [-0.2, -0.15) is 0 Å². The zero-order chi connectivity index (χ0) is 23.9. The van der Waals surface area contributed by atoms with Crippen molar-refractivity contribution in [1.82, 2.24) is 9.80 Å². The molecule has 7 nitrogen and oxygen atoms in total. The van der Waals surface area contributed by atoms with Gasteiger partial charge >= 0.3 is 0 Å². The molecular formula is C27H38N2O5. The Balaban J connectivity index is 1.26. The smallest absolute Gasteiger partial charge is 0.164 e. The molecule has 0 N–H and O–H groups in total. The van der Waals surface area contributed by atoms with E-state index in [1.165, 1.54) is 30.5 Å². The molecule has 0 spiro atoms. The molecule has 2 aliphatic rings. The summed E-state index contributed by atoms with van der Waals surface area (Å²) in [5, 5.41) is 0. The van der Waals surface area contributed by atoms with Crippen LogP contribution in [0, 0.1) is 0 Å². The maximum Gasteiger partial charge on any atom is 0.164 e. The number of nitrogens with zero attached hydrogens (tertiary/aromatic N) is 2. The third-order valence-electron chi connectivity index (χ3n) is 6.99. The van der Waals surface area contributed by atoms with E-state index in [1.807, 2.05) is 18.2 Å². The fourth-order valence-electron chi connectivity index (χ4n) is 5.13. The molecule has 34 heavy (non-hydrogen) atoms. The van der Waals surface area contributed by atoms with Gasteiger partial charge in [-0.25, -0.2) is 0 Å². The van der Waals surface area contributed by atoms with Crippen molar-refractivity contribution in [2.45, 2.75) is 38.3 Å². The highest BCUT2D eigenvalue weighted by molar-refractivity contribution is 5.48. The molecule has 0 aliphatic carbocycles. The summed E-state index contributed by atoms with van der Waals surface area (Å²) in [6.45, 7) is 6.12. The summed E-state index contributed by atoms with van der Waals surface area (Å²) in [5.74, 6) is 3.87. The zero-order valence-corrected chi connectivity index (χ0v) is 21.0. The van der Waals surface area contributed by atoms with Gasteiger partial charge in [0.05, 0.1) is 35.0 Å². The Morgan fingerprint density at radius 3 is 2.26 bits per heavy atom. The van der Waals surface area contributed by atoms with Crippen LogP contribution in [-0.4, -0.2) is 77.1 Å². The van der Waals surface area contributed by atoms with Crippen molar-refractivity contribution in [3.63, 3.8) is 0 Å². The van der Waals surface area contributed by atoms with E-state index >= 15 is 0 Å². The lowest BCUT2D eigenvalue weighted by molar-refractivity contribution is 0.0844. The lowest BCUT2D eigenvalue weighted by Gasteiger charge is -2.41. The van der Waals surface area contributed by atoms with Crippen molar-refractivity contribution in [3.8, 4) is 28.7 Å². The van der Waals surface area contributed by atoms with E-state index in [-0.39, 0.29) is 0 Å². The largest absolute Gasteiger partial charge is 0.493 e. The molecule has 0 saturated carbocycles. The molecule has 2 aliphatic heterocycles. The van der Waals surface area contributed by atoms with Crippen molar-refractivity contribution in [3.05, 3.63) is 41.5 Å². The monoisotopic (exact) mass is 470 g/mol. The van der Waals surface area contributed by atoms with Crippen molar-refractivity contribution in [2.75, 3.05) is 61.2 Å². The summed E-state index contributed by atoms with van der Waals surface area (Å²) in [7, 11) is 6.69. The molecule has 4 rings (SSSR count). The molecule has 0 amide bonds. The predicted molar refractivity (Wildman–Crippen MR) is 133 cm³/mol. The number of fused-ring (bicyclic) bond motifs is 1. The second kappa shape index (κ2) is 11.7. The highest BCUT2D eigenvalue weighted by Gasteiger charge is 2.28. The van der Waals surface area contributed by atoms with Crippen LogP contribution in [-0.2, 0) is 13.0 Å². The predicted octanol–water partition coefficient (Wildman–Crippen LogP) is 4.01. The van der Waals surface area contributed by atoms with Crippen LogP contribution in [0.5, 0.6) is 28.7 Å². The number of methoxy groups -OCH3 is 4. The summed E-state index contributed by atoms with van der Waals surface area (Å²) < 4.78 is 27.6. The van der Waals surface area contributed by atoms with Gasteiger partial charge < -0.3 is 28.6 Å². The van der Waals surface area contributed by atoms with Gasteiger partial charge in [-0.3, -0.25) is 4.90 Å². The van der Waals surface area contributed by atoms with Crippen LogP contribution in [0.3, 0.4) is 0 Å². The Labute approximate surface area is 203 Å². The average Bonchev–Trinajstić information content (AvgIpc) is 2.89. The maximum atomic E-state index is 5.97. The molecular weight excluding hydrogens is 432 g/mol. The number of likely N-dealkylation sites (tertiary alicyclic amines) is 1. The van der Waals surface area contributed by atoms with Gasteiger partial charge in [-0.15, -0.1) is 0 Å². The maximum absolute atomic E-state index is 5.97. The van der Waals surface area contributed by atoms with Crippen molar-refractivity contribution in [1.29, 1.82) is 0 Å². The topological polar surface area (TPSA) is 52.6 Å². The van der Waals surface area contributed by atoms with Crippen molar-refractivity contribution < 1.29 is 23.7 Å². The first-order valence-electron chi connectivity index (χ1n) is 12.2. The minimum atomic E-state index is 0.599. The average molecular weight is 471 g/mol. The van der Waals surface area contributed by atoms with Gasteiger partial charge in [-0.1, -0.05) is 0 Å². The van der Waals surface area contributed by atoms with Gasteiger partial charge in [0, 0.05) is 38.3 Å². The molecule has 0 unspecified atom stereocenters. The number of piperidine rings is 1. The van der Waals surface area contributed by atoms with Crippen LogP contribution >= 0.6 is 0 Å². The summed E-state index contributed by atoms with van der Waals surface area (Å²) in [6.07, 6.45) is 4.57. The number of hydrogen-bond acceptors (Lipinski definition) is 7. The van der Waals surface area contributed by atoms with Crippen molar-refractivity contribution >= 4 is 0 Å². The number of ether oxygens (including phenoxy) is 5. The van der Waals surface area contributed by atoms with E-state index in [0.717, 1.165) is 56.3 Å². The molecule has 186 valence electrons. The SMILES string of the molecule is COc1ccc(OCCCN2CCC[C@H](N3CCc4cc(OC)c(OC)cc4C3)C2)cc1OC. The summed E-state index contributed by atoms with van der Waals surface area (Å²) in [6, 6.07) is 10.6. The Morgan fingerprint density at radius 2 is 1.53 bits per heavy atom. The van der Waals surface area contributed by atoms with E-state index in [4.69, 9.17) is 23.7 Å². The molecule has 0 bridgehead atoms. The van der Waals surface area contributed by atoms with Crippen LogP contribution in [0.15, 0.2) is 30.3 Å². The molecule has 1 atom stereocenters. The fraction of sp³-hybridized carbons (Fsp3) is 0.556. The summed E-state index contributed by atoms with van der Waals surface area (Å²) >= 11 is 0. The Morgan fingerprint density at radius 1 is 0.824 bits per heavy atom. The second-order valence-corrected chi connectivity index (χ2v) is 9.01. The van der Waals surface area contributed by atoms with E-state index in [9.17, 15) is 0 Å². The Kier molecular flexibility index (Phi) is 8.40. The zero-order valence-electron chi connectivity index (χ0n) is 21.0. The normalized spacial score (nSPS) is 18.8. The van der Waals surface area contributed by atoms with E-state index < -0.39 is 0 Å². The van der Waals surface area contributed by atoms with Crippen LogP contribution in [0.4, 0.5) is 0 Å². The molecule has 2 heterocycles. The molecule has 1 saturated heterocycles. The molecule has 2 aromatic carbocycles. The van der Waals surface area contributed by atoms with E-state index in [2.05, 4.69) is 21.9 Å². The van der Waals surface area contributed by atoms with Gasteiger partial charge in [0.25, 0.3) is 0 Å². The van der Waals surface area contributed by atoms with E-state index in [0.29, 0.717) is 24.1 Å². The number of rotatable bonds is 10. The van der Waals surface area contributed by atoms with Crippen LogP contribution in [0.1, 0.15) is 30.4 Å². The lowest BCUT2D eigenvalue weighted by Crippen LogP contribution is -2.49. The number of benzene rings is 2. The second-order valence-electron chi connectivity index (χ2n) is 9.01. The quantitative estimate of drug-likeness (QED) is 0.486. The lowest BCUT2D eigenvalue weighted by atomic mass is 9.95. The Hall–Kier alpha value is -2.64. The molecule has 2 aromatic rings. The van der Waals surface area contributed by atoms with Gasteiger partial charge in [0.15, 0.2) is 23.0 Å². The third-order valence-corrected chi connectivity index (χ3v) is 6.99. The molecule has 0 radical (unpaired) electrons. The van der Waals surface area contributed by atoms with Crippen LogP contribution in [0.2, 0.25) is 0 Å². The van der Waals surface area contributed by atoms with Crippen LogP contribution in [0.25, 0.3) is 0 Å². The van der Waals surface area contributed by atoms with Gasteiger partial charge in [-0.05, 0) is 67.6 Å². The first-order chi connectivity index (χ1) is 16.6. The minimum absolute atomic E-state index is 0.599. The fourth-order valence-corrected chi connectivity index (χ4v) is 5.13. The molecule has 1 fully saturated rings. The minimum Gasteiger partial charge on any atom is -0.493 e. The molecule has 0 aromatic heterocycles. The Bertz CT molecular complexity index is 951.